The second-order valence-corrected chi connectivity index (χ2v) is 4.95. The van der Waals surface area contributed by atoms with Crippen molar-refractivity contribution in [3.05, 3.63) is 16.1 Å². The van der Waals surface area contributed by atoms with Crippen LogP contribution in [0, 0.1) is 0 Å². The number of thiazole rings is 1. The number of aromatic nitrogens is 1. The maximum atomic E-state index is 11.3. The van der Waals surface area contributed by atoms with Gasteiger partial charge in [0.15, 0.2) is 5.69 Å². The predicted octanol–water partition coefficient (Wildman–Crippen LogP) is 2.96. The average molecular weight is 245 g/mol. The molecule has 5 heteroatoms. The molecule has 0 saturated carbocycles. The first-order valence-corrected chi connectivity index (χ1v) is 7.00. The lowest BCUT2D eigenvalue weighted by molar-refractivity contribution is 0.0520. The second kappa shape index (κ2) is 6.85. The van der Waals surface area contributed by atoms with Crippen LogP contribution in [-0.2, 0) is 10.5 Å². The van der Waals surface area contributed by atoms with E-state index in [1.807, 2.05) is 11.8 Å². The van der Waals surface area contributed by atoms with E-state index in [2.05, 4.69) is 11.9 Å². The molecule has 1 aromatic heterocycles. The molecule has 0 unspecified atom stereocenters. The minimum absolute atomic E-state index is 0.319. The standard InChI is InChI=1S/C10H15NO2S2/c1-3-5-14-7-9-11-8(6-15-9)10(12)13-4-2/h6H,3-5,7H2,1-2H3. The van der Waals surface area contributed by atoms with Gasteiger partial charge in [0, 0.05) is 11.1 Å². The van der Waals surface area contributed by atoms with Crippen molar-refractivity contribution in [2.45, 2.75) is 26.0 Å². The van der Waals surface area contributed by atoms with Crippen LogP contribution in [0.25, 0.3) is 0 Å². The van der Waals surface area contributed by atoms with E-state index in [1.54, 1.807) is 12.3 Å². The van der Waals surface area contributed by atoms with Crippen molar-refractivity contribution in [1.29, 1.82) is 0 Å². The first kappa shape index (κ1) is 12.5. The van der Waals surface area contributed by atoms with Crippen molar-refractivity contribution < 1.29 is 9.53 Å². The van der Waals surface area contributed by atoms with Gasteiger partial charge in [-0.25, -0.2) is 9.78 Å². The summed E-state index contributed by atoms with van der Waals surface area (Å²) in [7, 11) is 0. The van der Waals surface area contributed by atoms with Gasteiger partial charge in [-0.2, -0.15) is 11.8 Å². The smallest absolute Gasteiger partial charge is 0.357 e. The molecule has 1 rings (SSSR count). The van der Waals surface area contributed by atoms with Gasteiger partial charge in [-0.05, 0) is 19.1 Å². The van der Waals surface area contributed by atoms with E-state index in [0.717, 1.165) is 16.5 Å². The average Bonchev–Trinajstić information content (AvgIpc) is 2.67. The van der Waals surface area contributed by atoms with E-state index < -0.39 is 0 Å². The Balaban J connectivity index is 2.45. The molecule has 0 N–H and O–H groups in total. The van der Waals surface area contributed by atoms with Gasteiger partial charge in [0.05, 0.1) is 6.61 Å². The summed E-state index contributed by atoms with van der Waals surface area (Å²) < 4.78 is 4.87. The summed E-state index contributed by atoms with van der Waals surface area (Å²) in [5.74, 6) is 1.70. The third-order valence-corrected chi connectivity index (χ3v) is 3.82. The molecule has 0 aliphatic heterocycles. The van der Waals surface area contributed by atoms with Crippen molar-refractivity contribution >= 4 is 29.1 Å². The molecule has 0 aliphatic rings. The fourth-order valence-electron chi connectivity index (χ4n) is 0.980. The van der Waals surface area contributed by atoms with E-state index in [9.17, 15) is 4.79 Å². The van der Waals surface area contributed by atoms with Crippen LogP contribution in [0.3, 0.4) is 0 Å². The number of thioether (sulfide) groups is 1. The maximum absolute atomic E-state index is 11.3. The van der Waals surface area contributed by atoms with Gasteiger partial charge in [0.25, 0.3) is 0 Å². The minimum atomic E-state index is -0.319. The monoisotopic (exact) mass is 245 g/mol. The fourth-order valence-corrected chi connectivity index (χ4v) is 2.72. The molecule has 1 heterocycles. The molecule has 0 atom stereocenters. The lowest BCUT2D eigenvalue weighted by atomic mass is 10.5. The van der Waals surface area contributed by atoms with E-state index in [-0.39, 0.29) is 5.97 Å². The Morgan fingerprint density at radius 3 is 3.07 bits per heavy atom. The summed E-state index contributed by atoms with van der Waals surface area (Å²) >= 11 is 3.36. The highest BCUT2D eigenvalue weighted by Crippen LogP contribution is 2.17. The molecule has 1 aromatic rings. The van der Waals surface area contributed by atoms with E-state index in [0.29, 0.717) is 12.3 Å². The van der Waals surface area contributed by atoms with Gasteiger partial charge in [-0.3, -0.25) is 0 Å². The number of carbonyl (C=O) groups excluding carboxylic acids is 1. The van der Waals surface area contributed by atoms with Crippen molar-refractivity contribution in [1.82, 2.24) is 4.98 Å². The first-order chi connectivity index (χ1) is 7.27. The van der Waals surface area contributed by atoms with E-state index >= 15 is 0 Å². The zero-order valence-electron chi connectivity index (χ0n) is 8.99. The van der Waals surface area contributed by atoms with Crippen LogP contribution in [0.5, 0.6) is 0 Å². The maximum Gasteiger partial charge on any atom is 0.357 e. The molecular weight excluding hydrogens is 230 g/mol. The van der Waals surface area contributed by atoms with E-state index in [1.165, 1.54) is 17.8 Å². The number of carbonyl (C=O) groups is 1. The van der Waals surface area contributed by atoms with Gasteiger partial charge >= 0.3 is 5.97 Å². The molecule has 0 bridgehead atoms. The Morgan fingerprint density at radius 1 is 1.60 bits per heavy atom. The zero-order valence-corrected chi connectivity index (χ0v) is 10.6. The second-order valence-electron chi connectivity index (χ2n) is 2.90. The number of ether oxygens (including phenoxy) is 1. The molecule has 15 heavy (non-hydrogen) atoms. The van der Waals surface area contributed by atoms with Gasteiger partial charge < -0.3 is 4.74 Å². The highest BCUT2D eigenvalue weighted by atomic mass is 32.2. The van der Waals surface area contributed by atoms with Crippen LogP contribution in [-0.4, -0.2) is 23.3 Å². The Morgan fingerprint density at radius 2 is 2.40 bits per heavy atom. The topological polar surface area (TPSA) is 39.2 Å². The molecular formula is C10H15NO2S2. The lowest BCUT2D eigenvalue weighted by Crippen LogP contribution is -2.04. The third-order valence-electron chi connectivity index (χ3n) is 1.61. The van der Waals surface area contributed by atoms with Gasteiger partial charge in [-0.15, -0.1) is 11.3 Å². The molecule has 0 radical (unpaired) electrons. The van der Waals surface area contributed by atoms with Crippen LogP contribution < -0.4 is 0 Å². The molecule has 0 aromatic carbocycles. The number of rotatable bonds is 6. The summed E-state index contributed by atoms with van der Waals surface area (Å²) in [5, 5.41) is 2.76. The summed E-state index contributed by atoms with van der Waals surface area (Å²) in [6, 6.07) is 0. The van der Waals surface area contributed by atoms with Gasteiger partial charge in [-0.1, -0.05) is 6.92 Å². The number of esters is 1. The quantitative estimate of drug-likeness (QED) is 0.570. The zero-order chi connectivity index (χ0) is 11.1. The van der Waals surface area contributed by atoms with Crippen LogP contribution in [0.2, 0.25) is 0 Å². The summed E-state index contributed by atoms with van der Waals surface area (Å²) in [6.45, 7) is 4.34. The van der Waals surface area contributed by atoms with Crippen molar-refractivity contribution in [2.24, 2.45) is 0 Å². The van der Waals surface area contributed by atoms with E-state index in [4.69, 9.17) is 4.74 Å². The van der Waals surface area contributed by atoms with Crippen molar-refractivity contribution in [2.75, 3.05) is 12.4 Å². The number of hydrogen-bond donors (Lipinski definition) is 0. The van der Waals surface area contributed by atoms with Crippen LogP contribution in [0.15, 0.2) is 5.38 Å². The Labute approximate surface area is 98.2 Å². The van der Waals surface area contributed by atoms with Crippen LogP contribution >= 0.6 is 23.1 Å². The molecule has 0 amide bonds. The summed E-state index contributed by atoms with van der Waals surface area (Å²) in [4.78, 5) is 15.5. The van der Waals surface area contributed by atoms with Gasteiger partial charge in [0.1, 0.15) is 5.01 Å². The Bertz CT molecular complexity index is 312. The lowest BCUT2D eigenvalue weighted by Gasteiger charge is -1.96. The largest absolute Gasteiger partial charge is 0.461 e. The predicted molar refractivity (Wildman–Crippen MR) is 64.5 cm³/mol. The summed E-state index contributed by atoms with van der Waals surface area (Å²) in [5.41, 5.74) is 0.439. The van der Waals surface area contributed by atoms with Crippen molar-refractivity contribution in [3.8, 4) is 0 Å². The molecule has 0 saturated heterocycles. The number of hydrogen-bond acceptors (Lipinski definition) is 5. The first-order valence-electron chi connectivity index (χ1n) is 4.97. The normalized spacial score (nSPS) is 10.3. The van der Waals surface area contributed by atoms with Crippen LogP contribution in [0.4, 0.5) is 0 Å². The highest BCUT2D eigenvalue weighted by molar-refractivity contribution is 7.98. The minimum Gasteiger partial charge on any atom is -0.461 e. The highest BCUT2D eigenvalue weighted by Gasteiger charge is 2.10. The molecule has 84 valence electrons. The van der Waals surface area contributed by atoms with Gasteiger partial charge in [0.2, 0.25) is 0 Å². The third kappa shape index (κ3) is 4.22. The van der Waals surface area contributed by atoms with Crippen molar-refractivity contribution in [3.63, 3.8) is 0 Å². The molecule has 0 aliphatic carbocycles. The number of nitrogens with zero attached hydrogens (tertiary/aromatic N) is 1. The van der Waals surface area contributed by atoms with Crippen LogP contribution in [0.1, 0.15) is 35.8 Å². The Hall–Kier alpha value is -0.550. The SMILES string of the molecule is CCCSCc1nc(C(=O)OCC)cs1. The molecule has 3 nitrogen and oxygen atoms in total. The summed E-state index contributed by atoms with van der Waals surface area (Å²) in [6.07, 6.45) is 1.17. The molecule has 0 spiro atoms. The fraction of sp³-hybridized carbons (Fsp3) is 0.600. The molecule has 0 fully saturated rings. The Kier molecular flexibility index (Phi) is 5.71.